The molecular weight excluding hydrogens is 316 g/mol. The van der Waals surface area contributed by atoms with Crippen LogP contribution in [0.2, 0.25) is 0 Å². The topological polar surface area (TPSA) is 34.2 Å². The zero-order chi connectivity index (χ0) is 16.6. The first-order valence-corrected chi connectivity index (χ1v) is 10.2. The third-order valence-corrected chi connectivity index (χ3v) is 6.69. The van der Waals surface area contributed by atoms with Crippen LogP contribution in [-0.2, 0) is 11.2 Å². The maximum Gasteiger partial charge on any atom is 0.0799 e. The number of nitrogens with one attached hydrogen (secondary N) is 1. The third kappa shape index (κ3) is 2.91. The van der Waals surface area contributed by atoms with Crippen LogP contribution in [0.3, 0.4) is 0 Å². The molecule has 1 aromatic heterocycles. The van der Waals surface area contributed by atoms with Gasteiger partial charge in [-0.1, -0.05) is 25.1 Å². The zero-order valence-electron chi connectivity index (χ0n) is 14.6. The van der Waals surface area contributed by atoms with E-state index in [0.29, 0.717) is 6.04 Å². The molecule has 0 bridgehead atoms. The molecule has 2 aromatic rings. The zero-order valence-corrected chi connectivity index (χ0v) is 15.4. The molecule has 0 amide bonds. The summed E-state index contributed by atoms with van der Waals surface area (Å²) in [5, 5.41) is 5.16. The van der Waals surface area contributed by atoms with Crippen molar-refractivity contribution in [1.29, 1.82) is 0 Å². The van der Waals surface area contributed by atoms with E-state index < -0.39 is 0 Å². The van der Waals surface area contributed by atoms with Crippen molar-refractivity contribution in [2.45, 2.75) is 51.2 Å². The van der Waals surface area contributed by atoms with Gasteiger partial charge in [-0.15, -0.1) is 0 Å². The fourth-order valence-corrected chi connectivity index (χ4v) is 5.57. The Balaban J connectivity index is 1.68. The molecule has 2 saturated heterocycles. The van der Waals surface area contributed by atoms with Gasteiger partial charge in [0.15, 0.2) is 0 Å². The number of anilines is 1. The highest BCUT2D eigenvalue weighted by Crippen LogP contribution is 2.40. The van der Waals surface area contributed by atoms with Crippen molar-refractivity contribution in [2.24, 2.45) is 0 Å². The maximum absolute atomic E-state index is 6.19. The van der Waals surface area contributed by atoms with Gasteiger partial charge in [-0.25, -0.2) is 0 Å². The largest absolute Gasteiger partial charge is 0.381 e. The molecule has 24 heavy (non-hydrogen) atoms. The van der Waals surface area contributed by atoms with Crippen LogP contribution >= 0.6 is 11.8 Å². The molecule has 2 atom stereocenters. The molecule has 2 unspecified atom stereocenters. The van der Waals surface area contributed by atoms with E-state index in [4.69, 9.17) is 9.72 Å². The van der Waals surface area contributed by atoms with E-state index in [9.17, 15) is 0 Å². The number of aryl methyl sites for hydroxylation is 1. The van der Waals surface area contributed by atoms with Gasteiger partial charge in [0.2, 0.25) is 0 Å². The highest BCUT2D eigenvalue weighted by atomic mass is 32.2. The molecule has 1 spiro atoms. The lowest BCUT2D eigenvalue weighted by molar-refractivity contribution is -0.0628. The number of fused-ring (bicyclic) bond motifs is 1. The molecule has 2 aliphatic heterocycles. The number of pyridine rings is 1. The SMILES string of the molecule is CCc1c(C)nc2ccccc2c1NC1CCOC2(CCSC2)C1. The summed E-state index contributed by atoms with van der Waals surface area (Å²) in [6, 6.07) is 9.00. The summed E-state index contributed by atoms with van der Waals surface area (Å²) < 4.78 is 6.19. The van der Waals surface area contributed by atoms with Crippen molar-refractivity contribution >= 4 is 28.4 Å². The van der Waals surface area contributed by atoms with Gasteiger partial charge in [0.1, 0.15) is 0 Å². The first kappa shape index (κ1) is 16.2. The Kier molecular flexibility index (Phi) is 4.44. The summed E-state index contributed by atoms with van der Waals surface area (Å²) in [7, 11) is 0. The number of aromatic nitrogens is 1. The predicted molar refractivity (Wildman–Crippen MR) is 103 cm³/mol. The van der Waals surface area contributed by atoms with Crippen molar-refractivity contribution in [3.05, 3.63) is 35.5 Å². The second-order valence-electron chi connectivity index (χ2n) is 7.09. The van der Waals surface area contributed by atoms with Crippen LogP contribution in [0.15, 0.2) is 24.3 Å². The molecule has 2 fully saturated rings. The molecule has 2 aliphatic rings. The Labute approximate surface area is 148 Å². The van der Waals surface area contributed by atoms with Crippen molar-refractivity contribution in [2.75, 3.05) is 23.4 Å². The summed E-state index contributed by atoms with van der Waals surface area (Å²) >= 11 is 2.04. The van der Waals surface area contributed by atoms with Gasteiger partial charge in [-0.2, -0.15) is 11.8 Å². The summed E-state index contributed by atoms with van der Waals surface area (Å²) in [6.45, 7) is 5.24. The van der Waals surface area contributed by atoms with E-state index in [0.717, 1.165) is 42.8 Å². The van der Waals surface area contributed by atoms with E-state index in [1.165, 1.54) is 28.8 Å². The van der Waals surface area contributed by atoms with Crippen molar-refractivity contribution < 1.29 is 4.74 Å². The van der Waals surface area contributed by atoms with Crippen LogP contribution in [0.1, 0.15) is 37.4 Å². The van der Waals surface area contributed by atoms with Crippen molar-refractivity contribution in [3.8, 4) is 0 Å². The Morgan fingerprint density at radius 2 is 2.25 bits per heavy atom. The molecule has 1 aromatic carbocycles. The van der Waals surface area contributed by atoms with E-state index >= 15 is 0 Å². The highest BCUT2D eigenvalue weighted by molar-refractivity contribution is 7.99. The highest BCUT2D eigenvalue weighted by Gasteiger charge is 2.40. The molecular formula is C20H26N2OS. The molecule has 128 valence electrons. The predicted octanol–water partition coefficient (Wildman–Crippen LogP) is 4.57. The normalized spacial score (nSPS) is 27.0. The summed E-state index contributed by atoms with van der Waals surface area (Å²) in [5.41, 5.74) is 5.01. The van der Waals surface area contributed by atoms with Gasteiger partial charge in [0.25, 0.3) is 0 Å². The lowest BCUT2D eigenvalue weighted by Crippen LogP contribution is -2.44. The second kappa shape index (κ2) is 6.57. The lowest BCUT2D eigenvalue weighted by Gasteiger charge is -2.38. The minimum atomic E-state index is 0.116. The van der Waals surface area contributed by atoms with Gasteiger partial charge < -0.3 is 10.1 Å². The molecule has 4 rings (SSSR count). The molecule has 0 saturated carbocycles. The third-order valence-electron chi connectivity index (χ3n) is 5.46. The summed E-state index contributed by atoms with van der Waals surface area (Å²) in [5.74, 6) is 2.40. The Morgan fingerprint density at radius 3 is 3.04 bits per heavy atom. The number of thioether (sulfide) groups is 1. The summed E-state index contributed by atoms with van der Waals surface area (Å²) in [6.07, 6.45) is 4.42. The van der Waals surface area contributed by atoms with Crippen LogP contribution in [0.5, 0.6) is 0 Å². The number of rotatable bonds is 3. The quantitative estimate of drug-likeness (QED) is 0.886. The molecule has 3 nitrogen and oxygen atoms in total. The van der Waals surface area contributed by atoms with E-state index in [1.54, 1.807) is 0 Å². The number of hydrogen-bond donors (Lipinski definition) is 1. The first-order chi connectivity index (χ1) is 11.7. The van der Waals surface area contributed by atoms with Gasteiger partial charge >= 0.3 is 0 Å². The Hall–Kier alpha value is -1.26. The van der Waals surface area contributed by atoms with Crippen LogP contribution < -0.4 is 5.32 Å². The van der Waals surface area contributed by atoms with Gasteiger partial charge in [0, 0.05) is 35.2 Å². The molecule has 0 aliphatic carbocycles. The maximum atomic E-state index is 6.19. The van der Waals surface area contributed by atoms with E-state index in [2.05, 4.69) is 43.4 Å². The van der Waals surface area contributed by atoms with E-state index in [1.807, 2.05) is 11.8 Å². The molecule has 4 heteroatoms. The number of ether oxygens (including phenoxy) is 1. The monoisotopic (exact) mass is 342 g/mol. The fraction of sp³-hybridized carbons (Fsp3) is 0.550. The fourth-order valence-electron chi connectivity index (χ4n) is 4.19. The lowest BCUT2D eigenvalue weighted by atomic mass is 9.89. The van der Waals surface area contributed by atoms with Gasteiger partial charge in [-0.05, 0) is 50.0 Å². The smallest absolute Gasteiger partial charge is 0.0799 e. The summed E-state index contributed by atoms with van der Waals surface area (Å²) in [4.78, 5) is 4.80. The van der Waals surface area contributed by atoms with Crippen LogP contribution in [0, 0.1) is 6.92 Å². The van der Waals surface area contributed by atoms with Crippen molar-refractivity contribution in [3.63, 3.8) is 0 Å². The molecule has 3 heterocycles. The molecule has 1 N–H and O–H groups in total. The van der Waals surface area contributed by atoms with Gasteiger partial charge in [-0.3, -0.25) is 4.98 Å². The average Bonchev–Trinajstić information content (AvgIpc) is 3.02. The second-order valence-corrected chi connectivity index (χ2v) is 8.19. The first-order valence-electron chi connectivity index (χ1n) is 9.07. The Bertz CT molecular complexity index is 740. The Morgan fingerprint density at radius 1 is 1.38 bits per heavy atom. The van der Waals surface area contributed by atoms with Crippen LogP contribution in [0.4, 0.5) is 5.69 Å². The van der Waals surface area contributed by atoms with Crippen LogP contribution in [0.25, 0.3) is 10.9 Å². The minimum Gasteiger partial charge on any atom is -0.381 e. The van der Waals surface area contributed by atoms with Crippen LogP contribution in [-0.4, -0.2) is 34.7 Å². The number of hydrogen-bond acceptors (Lipinski definition) is 4. The van der Waals surface area contributed by atoms with E-state index in [-0.39, 0.29) is 5.60 Å². The number of benzene rings is 1. The number of nitrogens with zero attached hydrogens (tertiary/aromatic N) is 1. The molecule has 0 radical (unpaired) electrons. The standard InChI is InChI=1S/C20H26N2OS/c1-3-16-14(2)21-18-7-5-4-6-17(18)19(16)22-15-8-10-23-20(12-15)9-11-24-13-20/h4-7,15H,3,8-13H2,1-2H3,(H,21,22). The van der Waals surface area contributed by atoms with Crippen molar-refractivity contribution in [1.82, 2.24) is 4.98 Å². The average molecular weight is 343 g/mol. The number of para-hydroxylation sites is 1. The minimum absolute atomic E-state index is 0.116. The van der Waals surface area contributed by atoms with Gasteiger partial charge in [0.05, 0.1) is 11.1 Å².